The van der Waals surface area contributed by atoms with Crippen molar-refractivity contribution >= 4 is 27.4 Å². The second-order valence-corrected chi connectivity index (χ2v) is 9.34. The fourth-order valence-corrected chi connectivity index (χ4v) is 4.56. The number of nitrogens with one attached hydrogen (secondary N) is 2. The van der Waals surface area contributed by atoms with E-state index in [4.69, 9.17) is 0 Å². The van der Waals surface area contributed by atoms with Gasteiger partial charge in [0.2, 0.25) is 0 Å². The number of sulfonamides is 1. The van der Waals surface area contributed by atoms with Crippen LogP contribution in [0, 0.1) is 11.6 Å². The second-order valence-electron chi connectivity index (χ2n) is 7.66. The Labute approximate surface area is 190 Å². The molecular weight excluding hydrogens is 450 g/mol. The highest BCUT2D eigenvalue weighted by molar-refractivity contribution is 7.92. The van der Waals surface area contributed by atoms with Gasteiger partial charge in [-0.3, -0.25) is 9.52 Å². The molecule has 4 rings (SSSR count). The summed E-state index contributed by atoms with van der Waals surface area (Å²) in [7, 11) is -4.11. The third kappa shape index (κ3) is 5.46. The van der Waals surface area contributed by atoms with Crippen LogP contribution in [0.5, 0.6) is 0 Å². The molecule has 2 aromatic carbocycles. The van der Waals surface area contributed by atoms with Crippen molar-refractivity contribution in [1.29, 1.82) is 0 Å². The first-order valence-electron chi connectivity index (χ1n) is 10.4. The minimum Gasteiger partial charge on any atom is -0.357 e. The summed E-state index contributed by atoms with van der Waals surface area (Å²) in [5.74, 6) is -1.79. The van der Waals surface area contributed by atoms with Gasteiger partial charge in [-0.05, 0) is 66.9 Å². The standard InChI is InChI=1S/C23H22F2N4O3S/c24-20-9-8-19(13-21(20)25)33(31,32)28-18-6-4-17(5-7-18)23(30)27-15-16-3-10-22(26-14-16)29-11-1-2-12-29/h3-10,13-14,28H,1-2,11-12,15H2,(H,27,30). The highest BCUT2D eigenvalue weighted by atomic mass is 32.2. The zero-order chi connectivity index (χ0) is 23.4. The van der Waals surface area contributed by atoms with Crippen molar-refractivity contribution < 1.29 is 22.0 Å². The number of carbonyl (C=O) groups is 1. The molecule has 1 aromatic heterocycles. The molecule has 2 N–H and O–H groups in total. The first-order valence-corrected chi connectivity index (χ1v) is 11.9. The summed E-state index contributed by atoms with van der Waals surface area (Å²) >= 11 is 0. The Balaban J connectivity index is 1.34. The molecule has 3 aromatic rings. The topological polar surface area (TPSA) is 91.4 Å². The SMILES string of the molecule is O=C(NCc1ccc(N2CCCC2)nc1)c1ccc(NS(=O)(=O)c2ccc(F)c(F)c2)cc1. The Bertz CT molecular complexity index is 1240. The van der Waals surface area contributed by atoms with Crippen molar-refractivity contribution in [3.05, 3.63) is 83.6 Å². The first-order chi connectivity index (χ1) is 15.8. The smallest absolute Gasteiger partial charge is 0.261 e. The summed E-state index contributed by atoms with van der Waals surface area (Å²) in [4.78, 5) is 18.7. The Morgan fingerprint density at radius 2 is 1.70 bits per heavy atom. The predicted octanol–water partition coefficient (Wildman–Crippen LogP) is 3.69. The molecule has 1 saturated heterocycles. The number of aromatic nitrogens is 1. The molecule has 0 radical (unpaired) electrons. The molecule has 1 aliphatic heterocycles. The van der Waals surface area contributed by atoms with Crippen LogP contribution in [0.25, 0.3) is 0 Å². The van der Waals surface area contributed by atoms with Gasteiger partial charge in [-0.1, -0.05) is 6.07 Å². The van der Waals surface area contributed by atoms with Gasteiger partial charge in [0, 0.05) is 37.1 Å². The highest BCUT2D eigenvalue weighted by Crippen LogP contribution is 2.20. The molecule has 0 aliphatic carbocycles. The zero-order valence-electron chi connectivity index (χ0n) is 17.6. The zero-order valence-corrected chi connectivity index (χ0v) is 18.4. The van der Waals surface area contributed by atoms with Crippen LogP contribution in [0.1, 0.15) is 28.8 Å². The third-order valence-electron chi connectivity index (χ3n) is 5.29. The van der Waals surface area contributed by atoms with Crippen LogP contribution in [-0.2, 0) is 16.6 Å². The van der Waals surface area contributed by atoms with Crippen LogP contribution in [0.3, 0.4) is 0 Å². The average molecular weight is 473 g/mol. The maximum Gasteiger partial charge on any atom is 0.261 e. The molecule has 0 atom stereocenters. The molecule has 33 heavy (non-hydrogen) atoms. The summed E-state index contributed by atoms with van der Waals surface area (Å²) in [6, 6.07) is 11.9. The number of carbonyl (C=O) groups excluding carboxylic acids is 1. The minimum absolute atomic E-state index is 0.179. The van der Waals surface area contributed by atoms with Crippen LogP contribution >= 0.6 is 0 Å². The number of halogens is 2. The van der Waals surface area contributed by atoms with E-state index in [-0.39, 0.29) is 11.6 Å². The lowest BCUT2D eigenvalue weighted by molar-refractivity contribution is 0.0951. The van der Waals surface area contributed by atoms with Gasteiger partial charge in [-0.25, -0.2) is 22.2 Å². The van der Waals surface area contributed by atoms with Crippen molar-refractivity contribution in [2.75, 3.05) is 22.7 Å². The second kappa shape index (κ2) is 9.53. The Morgan fingerprint density at radius 3 is 2.33 bits per heavy atom. The number of amides is 1. The van der Waals surface area contributed by atoms with Crippen LogP contribution in [0.2, 0.25) is 0 Å². The lowest BCUT2D eigenvalue weighted by Crippen LogP contribution is -2.23. The largest absolute Gasteiger partial charge is 0.357 e. The van der Waals surface area contributed by atoms with E-state index >= 15 is 0 Å². The van der Waals surface area contributed by atoms with Gasteiger partial charge in [-0.15, -0.1) is 0 Å². The summed E-state index contributed by atoms with van der Waals surface area (Å²) < 4.78 is 53.4. The van der Waals surface area contributed by atoms with Crippen molar-refractivity contribution in [3.8, 4) is 0 Å². The molecule has 0 spiro atoms. The number of hydrogen-bond acceptors (Lipinski definition) is 5. The van der Waals surface area contributed by atoms with E-state index in [1.54, 1.807) is 6.20 Å². The van der Waals surface area contributed by atoms with Crippen LogP contribution in [0.4, 0.5) is 20.3 Å². The molecule has 2 heterocycles. The van der Waals surface area contributed by atoms with Crippen LogP contribution < -0.4 is 14.9 Å². The Morgan fingerprint density at radius 1 is 0.970 bits per heavy atom. The summed E-state index contributed by atoms with van der Waals surface area (Å²) in [6.45, 7) is 2.32. The summed E-state index contributed by atoms with van der Waals surface area (Å²) in [5, 5.41) is 2.80. The molecule has 0 saturated carbocycles. The first kappa shape index (κ1) is 22.7. The molecule has 0 bridgehead atoms. The van der Waals surface area contributed by atoms with Crippen molar-refractivity contribution in [2.45, 2.75) is 24.3 Å². The molecule has 7 nitrogen and oxygen atoms in total. The van der Waals surface area contributed by atoms with Gasteiger partial charge in [0.05, 0.1) is 4.90 Å². The molecular formula is C23H22F2N4O3S. The van der Waals surface area contributed by atoms with E-state index in [9.17, 15) is 22.0 Å². The van der Waals surface area contributed by atoms with Gasteiger partial charge in [-0.2, -0.15) is 0 Å². The quantitative estimate of drug-likeness (QED) is 0.547. The maximum absolute atomic E-state index is 13.4. The van der Waals surface area contributed by atoms with Gasteiger partial charge in [0.1, 0.15) is 5.82 Å². The Hall–Kier alpha value is -3.53. The number of nitrogens with zero attached hydrogens (tertiary/aromatic N) is 2. The van der Waals surface area contributed by atoms with Crippen molar-refractivity contribution in [3.63, 3.8) is 0 Å². The molecule has 10 heteroatoms. The molecule has 1 amide bonds. The molecule has 0 unspecified atom stereocenters. The van der Waals surface area contributed by atoms with Gasteiger partial charge in [0.25, 0.3) is 15.9 Å². The summed E-state index contributed by atoms with van der Waals surface area (Å²) in [5.41, 5.74) is 1.38. The van der Waals surface area contributed by atoms with E-state index in [1.165, 1.54) is 37.1 Å². The predicted molar refractivity (Wildman–Crippen MR) is 120 cm³/mol. The Kier molecular flexibility index (Phi) is 6.55. The van der Waals surface area contributed by atoms with E-state index in [1.807, 2.05) is 12.1 Å². The molecule has 1 fully saturated rings. The molecule has 172 valence electrons. The van der Waals surface area contributed by atoms with Crippen LogP contribution in [0.15, 0.2) is 65.7 Å². The molecule has 1 aliphatic rings. The van der Waals surface area contributed by atoms with Crippen LogP contribution in [-0.4, -0.2) is 32.4 Å². The number of pyridine rings is 1. The lowest BCUT2D eigenvalue weighted by atomic mass is 10.2. The average Bonchev–Trinajstić information content (AvgIpc) is 3.35. The number of hydrogen-bond donors (Lipinski definition) is 2. The number of anilines is 2. The normalized spacial score (nSPS) is 13.7. The third-order valence-corrected chi connectivity index (χ3v) is 6.67. The van der Waals surface area contributed by atoms with Gasteiger partial charge < -0.3 is 10.2 Å². The van der Waals surface area contributed by atoms with Crippen molar-refractivity contribution in [2.24, 2.45) is 0 Å². The van der Waals surface area contributed by atoms with Gasteiger partial charge >= 0.3 is 0 Å². The lowest BCUT2D eigenvalue weighted by Gasteiger charge is -2.16. The van der Waals surface area contributed by atoms with E-state index in [0.717, 1.165) is 36.6 Å². The minimum atomic E-state index is -4.11. The van der Waals surface area contributed by atoms with Gasteiger partial charge in [0.15, 0.2) is 11.6 Å². The highest BCUT2D eigenvalue weighted by Gasteiger charge is 2.17. The maximum atomic E-state index is 13.4. The van der Waals surface area contributed by atoms with E-state index < -0.39 is 26.6 Å². The monoisotopic (exact) mass is 472 g/mol. The van der Waals surface area contributed by atoms with Crippen molar-refractivity contribution in [1.82, 2.24) is 10.3 Å². The van der Waals surface area contributed by atoms with E-state index in [0.29, 0.717) is 18.2 Å². The fourth-order valence-electron chi connectivity index (χ4n) is 3.49. The number of benzene rings is 2. The summed E-state index contributed by atoms with van der Waals surface area (Å²) in [6.07, 6.45) is 4.08. The fraction of sp³-hybridized carbons (Fsp3) is 0.217. The van der Waals surface area contributed by atoms with E-state index in [2.05, 4.69) is 19.9 Å². The number of rotatable bonds is 7.